The molecule has 0 atom stereocenters. The standard InChI is InChI=1S/C18H19BrF2O4S/c1-2-26(23,24)14-6-7-17(15(19)11-14)25-18-12(5-3-4-8-22)9-13(20)10-16(18)21/h6-7,9-11,22H,2-5,8H2,1H3. The van der Waals surface area contributed by atoms with E-state index in [0.29, 0.717) is 29.3 Å². The van der Waals surface area contributed by atoms with Gasteiger partial charge in [0, 0.05) is 18.2 Å². The third-order valence-corrected chi connectivity index (χ3v) is 6.15. The predicted molar refractivity (Wildman–Crippen MR) is 98.3 cm³/mol. The Balaban J connectivity index is 2.36. The highest BCUT2D eigenvalue weighted by molar-refractivity contribution is 9.10. The molecule has 8 heteroatoms. The van der Waals surface area contributed by atoms with Gasteiger partial charge in [0.25, 0.3) is 0 Å². The number of halogens is 3. The number of unbranched alkanes of at least 4 members (excludes halogenated alkanes) is 1. The van der Waals surface area contributed by atoms with Crippen molar-refractivity contribution in [1.82, 2.24) is 0 Å². The molecule has 0 bridgehead atoms. The number of aliphatic hydroxyl groups excluding tert-OH is 1. The molecule has 1 N–H and O–H groups in total. The van der Waals surface area contributed by atoms with Gasteiger partial charge in [0.1, 0.15) is 11.6 Å². The normalized spacial score (nSPS) is 11.6. The van der Waals surface area contributed by atoms with E-state index in [2.05, 4.69) is 15.9 Å². The van der Waals surface area contributed by atoms with Crippen LogP contribution in [0.1, 0.15) is 25.3 Å². The number of aliphatic hydroxyl groups is 1. The quantitative estimate of drug-likeness (QED) is 0.597. The van der Waals surface area contributed by atoms with E-state index in [0.717, 1.165) is 6.07 Å². The van der Waals surface area contributed by atoms with Gasteiger partial charge in [-0.15, -0.1) is 0 Å². The Morgan fingerprint density at radius 1 is 1.15 bits per heavy atom. The van der Waals surface area contributed by atoms with Crippen LogP contribution in [0, 0.1) is 11.6 Å². The third-order valence-electron chi connectivity index (χ3n) is 3.79. The van der Waals surface area contributed by atoms with Crippen molar-refractivity contribution in [2.45, 2.75) is 31.1 Å². The highest BCUT2D eigenvalue weighted by Crippen LogP contribution is 2.35. The van der Waals surface area contributed by atoms with Crippen molar-refractivity contribution < 1.29 is 27.0 Å². The van der Waals surface area contributed by atoms with Crippen molar-refractivity contribution in [1.29, 1.82) is 0 Å². The molecule has 2 aromatic carbocycles. The first-order valence-electron chi connectivity index (χ1n) is 8.07. The minimum absolute atomic E-state index is 0.00704. The summed E-state index contributed by atoms with van der Waals surface area (Å²) in [5.41, 5.74) is 0.341. The van der Waals surface area contributed by atoms with Crippen LogP contribution >= 0.6 is 15.9 Å². The molecule has 2 rings (SSSR count). The SMILES string of the molecule is CCS(=O)(=O)c1ccc(Oc2c(F)cc(F)cc2CCCCO)c(Br)c1. The predicted octanol–water partition coefficient (Wildman–Crippen LogP) is 4.63. The number of aryl methyl sites for hydroxylation is 1. The number of rotatable bonds is 8. The maximum absolute atomic E-state index is 14.2. The van der Waals surface area contributed by atoms with E-state index >= 15 is 0 Å². The van der Waals surface area contributed by atoms with Gasteiger partial charge in [-0.25, -0.2) is 17.2 Å². The van der Waals surface area contributed by atoms with Gasteiger partial charge < -0.3 is 9.84 Å². The molecule has 0 heterocycles. The molecule has 0 amide bonds. The number of benzene rings is 2. The second-order valence-corrected chi connectivity index (χ2v) is 8.79. The molecule has 0 aliphatic carbocycles. The number of hydrogen-bond acceptors (Lipinski definition) is 4. The fraction of sp³-hybridized carbons (Fsp3) is 0.333. The van der Waals surface area contributed by atoms with Crippen molar-refractivity contribution in [2.24, 2.45) is 0 Å². The molecular formula is C18H19BrF2O4S. The monoisotopic (exact) mass is 448 g/mol. The second-order valence-electron chi connectivity index (χ2n) is 5.65. The Kier molecular flexibility index (Phi) is 7.14. The van der Waals surface area contributed by atoms with Crippen LogP contribution in [0.15, 0.2) is 39.7 Å². The van der Waals surface area contributed by atoms with E-state index in [1.54, 1.807) is 6.92 Å². The van der Waals surface area contributed by atoms with Gasteiger partial charge in [-0.05, 0) is 59.5 Å². The third kappa shape index (κ3) is 5.02. The fourth-order valence-electron chi connectivity index (χ4n) is 2.38. The topological polar surface area (TPSA) is 63.6 Å². The maximum atomic E-state index is 14.2. The highest BCUT2D eigenvalue weighted by atomic mass is 79.9. The summed E-state index contributed by atoms with van der Waals surface area (Å²) in [5.74, 6) is -1.50. The van der Waals surface area contributed by atoms with E-state index in [4.69, 9.17) is 9.84 Å². The van der Waals surface area contributed by atoms with Crippen molar-refractivity contribution in [3.05, 3.63) is 52.0 Å². The Labute approximate surface area is 159 Å². The summed E-state index contributed by atoms with van der Waals surface area (Å²) in [6.07, 6.45) is 1.39. The fourth-order valence-corrected chi connectivity index (χ4v) is 3.89. The molecular weight excluding hydrogens is 430 g/mol. The summed E-state index contributed by atoms with van der Waals surface area (Å²) in [5, 5.41) is 8.87. The number of sulfone groups is 1. The largest absolute Gasteiger partial charge is 0.453 e. The average Bonchev–Trinajstić information content (AvgIpc) is 2.59. The van der Waals surface area contributed by atoms with Crippen molar-refractivity contribution in [3.63, 3.8) is 0 Å². The zero-order valence-electron chi connectivity index (χ0n) is 14.1. The van der Waals surface area contributed by atoms with E-state index in [1.807, 2.05) is 0 Å². The maximum Gasteiger partial charge on any atom is 0.178 e. The summed E-state index contributed by atoms with van der Waals surface area (Å²) >= 11 is 3.23. The molecule has 0 fully saturated rings. The minimum atomic E-state index is -3.38. The van der Waals surface area contributed by atoms with Crippen LogP contribution in [-0.2, 0) is 16.3 Å². The highest BCUT2D eigenvalue weighted by Gasteiger charge is 2.17. The molecule has 0 aliphatic rings. The van der Waals surface area contributed by atoms with Crippen LogP contribution in [0.5, 0.6) is 11.5 Å². The molecule has 0 saturated heterocycles. The van der Waals surface area contributed by atoms with Crippen LogP contribution < -0.4 is 4.74 Å². The van der Waals surface area contributed by atoms with Gasteiger partial charge in [0.2, 0.25) is 0 Å². The zero-order chi connectivity index (χ0) is 19.3. The summed E-state index contributed by atoms with van der Waals surface area (Å²) in [6.45, 7) is 1.53. The smallest absolute Gasteiger partial charge is 0.178 e. The molecule has 0 aliphatic heterocycles. The first-order chi connectivity index (χ1) is 12.3. The van der Waals surface area contributed by atoms with Crippen LogP contribution in [0.4, 0.5) is 8.78 Å². The first kappa shape index (κ1) is 20.8. The number of ether oxygens (including phenoxy) is 1. The minimum Gasteiger partial charge on any atom is -0.453 e. The van der Waals surface area contributed by atoms with E-state index in [1.165, 1.54) is 24.3 Å². The molecule has 26 heavy (non-hydrogen) atoms. The molecule has 0 unspecified atom stereocenters. The lowest BCUT2D eigenvalue weighted by molar-refractivity contribution is 0.284. The summed E-state index contributed by atoms with van der Waals surface area (Å²) < 4.78 is 57.6. The lowest BCUT2D eigenvalue weighted by Crippen LogP contribution is -2.04. The Bertz CT molecular complexity index is 885. The van der Waals surface area contributed by atoms with Gasteiger partial charge in [-0.2, -0.15) is 0 Å². The Morgan fingerprint density at radius 2 is 1.88 bits per heavy atom. The summed E-state index contributed by atoms with van der Waals surface area (Å²) in [4.78, 5) is 0.127. The molecule has 0 aromatic heterocycles. The van der Waals surface area contributed by atoms with Gasteiger partial charge in [-0.1, -0.05) is 6.92 Å². The van der Waals surface area contributed by atoms with Gasteiger partial charge in [-0.3, -0.25) is 0 Å². The van der Waals surface area contributed by atoms with Crippen LogP contribution in [0.25, 0.3) is 0 Å². The van der Waals surface area contributed by atoms with Crippen LogP contribution in [0.2, 0.25) is 0 Å². The van der Waals surface area contributed by atoms with Crippen molar-refractivity contribution >= 4 is 25.8 Å². The van der Waals surface area contributed by atoms with E-state index < -0.39 is 21.5 Å². The lowest BCUT2D eigenvalue weighted by atomic mass is 10.1. The number of hydrogen-bond donors (Lipinski definition) is 1. The van der Waals surface area contributed by atoms with Gasteiger partial charge in [0.15, 0.2) is 21.4 Å². The average molecular weight is 449 g/mol. The van der Waals surface area contributed by atoms with Crippen LogP contribution in [-0.4, -0.2) is 25.9 Å². The van der Waals surface area contributed by atoms with Gasteiger partial charge in [0.05, 0.1) is 15.1 Å². The Hall–Kier alpha value is -1.51. The zero-order valence-corrected chi connectivity index (χ0v) is 16.5. The second kappa shape index (κ2) is 8.92. The lowest BCUT2D eigenvalue weighted by Gasteiger charge is -2.14. The molecule has 0 radical (unpaired) electrons. The first-order valence-corrected chi connectivity index (χ1v) is 10.5. The molecule has 142 valence electrons. The van der Waals surface area contributed by atoms with Gasteiger partial charge >= 0.3 is 0 Å². The summed E-state index contributed by atoms with van der Waals surface area (Å²) in [6, 6.07) is 6.12. The van der Waals surface area contributed by atoms with Crippen LogP contribution in [0.3, 0.4) is 0 Å². The molecule has 0 spiro atoms. The Morgan fingerprint density at radius 3 is 2.50 bits per heavy atom. The van der Waals surface area contributed by atoms with E-state index in [-0.39, 0.29) is 28.8 Å². The molecule has 2 aromatic rings. The molecule has 0 saturated carbocycles. The van der Waals surface area contributed by atoms with E-state index in [9.17, 15) is 17.2 Å². The van der Waals surface area contributed by atoms with Crippen molar-refractivity contribution in [2.75, 3.05) is 12.4 Å². The molecule has 4 nitrogen and oxygen atoms in total. The van der Waals surface area contributed by atoms with Crippen molar-refractivity contribution in [3.8, 4) is 11.5 Å². The summed E-state index contributed by atoms with van der Waals surface area (Å²) in [7, 11) is -3.38.